The first-order chi connectivity index (χ1) is 11.7. The van der Waals surface area contributed by atoms with Gasteiger partial charge >= 0.3 is 6.09 Å². The Hall–Kier alpha value is -2.44. The van der Waals surface area contributed by atoms with E-state index in [-0.39, 0.29) is 12.0 Å². The van der Waals surface area contributed by atoms with Crippen LogP contribution in [-0.4, -0.2) is 67.8 Å². The van der Waals surface area contributed by atoms with Gasteiger partial charge in [-0.15, -0.1) is 0 Å². The van der Waals surface area contributed by atoms with Crippen molar-refractivity contribution < 1.29 is 23.8 Å². The van der Waals surface area contributed by atoms with E-state index in [0.717, 1.165) is 11.3 Å². The highest BCUT2D eigenvalue weighted by atomic mass is 16.6. The van der Waals surface area contributed by atoms with Gasteiger partial charge in [-0.3, -0.25) is 4.79 Å². The zero-order chi connectivity index (χ0) is 16.9. The van der Waals surface area contributed by atoms with Gasteiger partial charge in [-0.25, -0.2) is 4.79 Å². The van der Waals surface area contributed by atoms with Crippen LogP contribution in [0, 0.1) is 0 Å². The SMILES string of the molecule is CCOC(=O)N1CCN(C(=O)Cc2ccc3c(c2)OCCO3)CC1. The molecule has 0 spiro atoms. The number of fused-ring (bicyclic) bond motifs is 1. The molecule has 1 fully saturated rings. The van der Waals surface area contributed by atoms with Crippen molar-refractivity contribution in [1.82, 2.24) is 9.80 Å². The maximum atomic E-state index is 12.5. The van der Waals surface area contributed by atoms with Crippen LogP contribution >= 0.6 is 0 Å². The number of nitrogens with zero attached hydrogens (tertiary/aromatic N) is 2. The number of rotatable bonds is 3. The summed E-state index contributed by atoms with van der Waals surface area (Å²) in [6.07, 6.45) is 0.00667. The zero-order valence-corrected chi connectivity index (χ0v) is 13.8. The summed E-state index contributed by atoms with van der Waals surface area (Å²) < 4.78 is 16.0. The van der Waals surface area contributed by atoms with Crippen molar-refractivity contribution in [2.24, 2.45) is 0 Å². The normalized spacial score (nSPS) is 16.7. The van der Waals surface area contributed by atoms with E-state index in [1.807, 2.05) is 18.2 Å². The van der Waals surface area contributed by atoms with Gasteiger partial charge in [0.15, 0.2) is 11.5 Å². The van der Waals surface area contributed by atoms with E-state index in [9.17, 15) is 9.59 Å². The van der Waals surface area contributed by atoms with E-state index in [0.29, 0.717) is 58.2 Å². The molecule has 2 aliphatic rings. The number of benzene rings is 1. The van der Waals surface area contributed by atoms with E-state index in [4.69, 9.17) is 14.2 Å². The first kappa shape index (κ1) is 16.4. The lowest BCUT2D eigenvalue weighted by atomic mass is 10.1. The van der Waals surface area contributed by atoms with E-state index < -0.39 is 0 Å². The first-order valence-electron chi connectivity index (χ1n) is 8.25. The number of hydrogen-bond acceptors (Lipinski definition) is 5. The third-order valence-corrected chi connectivity index (χ3v) is 4.12. The minimum Gasteiger partial charge on any atom is -0.486 e. The molecule has 0 radical (unpaired) electrons. The smallest absolute Gasteiger partial charge is 0.409 e. The fourth-order valence-electron chi connectivity index (χ4n) is 2.84. The highest BCUT2D eigenvalue weighted by Crippen LogP contribution is 2.31. The average molecular weight is 334 g/mol. The molecule has 7 nitrogen and oxygen atoms in total. The molecule has 2 heterocycles. The van der Waals surface area contributed by atoms with E-state index in [2.05, 4.69) is 0 Å². The number of hydrogen-bond donors (Lipinski definition) is 0. The summed E-state index contributed by atoms with van der Waals surface area (Å²) in [5.74, 6) is 1.47. The molecular weight excluding hydrogens is 312 g/mol. The van der Waals surface area contributed by atoms with Crippen LogP contribution in [-0.2, 0) is 16.0 Å². The minimum atomic E-state index is -0.309. The molecule has 0 bridgehead atoms. The molecule has 7 heteroatoms. The fourth-order valence-corrected chi connectivity index (χ4v) is 2.84. The van der Waals surface area contributed by atoms with Gasteiger partial charge in [0.05, 0.1) is 13.0 Å². The largest absolute Gasteiger partial charge is 0.486 e. The summed E-state index contributed by atoms with van der Waals surface area (Å²) in [5, 5.41) is 0. The van der Waals surface area contributed by atoms with Crippen LogP contribution in [0.5, 0.6) is 11.5 Å². The lowest BCUT2D eigenvalue weighted by Gasteiger charge is -2.34. The van der Waals surface area contributed by atoms with Crippen LogP contribution in [0.2, 0.25) is 0 Å². The van der Waals surface area contributed by atoms with Crippen LogP contribution < -0.4 is 9.47 Å². The summed E-state index contributed by atoms with van der Waals surface area (Å²) in [6, 6.07) is 5.59. The number of amides is 2. The molecule has 1 aromatic rings. The Morgan fingerprint density at radius 1 is 1.04 bits per heavy atom. The topological polar surface area (TPSA) is 68.3 Å². The summed E-state index contributed by atoms with van der Waals surface area (Å²) in [6.45, 7) is 5.30. The second-order valence-electron chi connectivity index (χ2n) is 5.72. The van der Waals surface area contributed by atoms with Crippen LogP contribution in [0.25, 0.3) is 0 Å². The first-order valence-corrected chi connectivity index (χ1v) is 8.25. The lowest BCUT2D eigenvalue weighted by Crippen LogP contribution is -2.51. The van der Waals surface area contributed by atoms with Crippen molar-refractivity contribution in [3.8, 4) is 11.5 Å². The monoisotopic (exact) mass is 334 g/mol. The van der Waals surface area contributed by atoms with Gasteiger partial charge in [0.1, 0.15) is 13.2 Å². The number of piperazine rings is 1. The molecule has 1 saturated heterocycles. The molecule has 2 aliphatic heterocycles. The molecule has 24 heavy (non-hydrogen) atoms. The molecule has 1 aromatic carbocycles. The van der Waals surface area contributed by atoms with E-state index >= 15 is 0 Å². The number of carbonyl (C=O) groups is 2. The Balaban J connectivity index is 1.53. The van der Waals surface area contributed by atoms with Crippen molar-refractivity contribution in [3.63, 3.8) is 0 Å². The zero-order valence-electron chi connectivity index (χ0n) is 13.8. The molecule has 0 N–H and O–H groups in total. The summed E-state index contributed by atoms with van der Waals surface area (Å²) in [5.41, 5.74) is 0.900. The van der Waals surface area contributed by atoms with Crippen molar-refractivity contribution in [2.45, 2.75) is 13.3 Å². The van der Waals surface area contributed by atoms with Crippen molar-refractivity contribution in [2.75, 3.05) is 46.0 Å². The number of carbonyl (C=O) groups excluding carboxylic acids is 2. The van der Waals surface area contributed by atoms with Gasteiger partial charge < -0.3 is 24.0 Å². The van der Waals surface area contributed by atoms with Gasteiger partial charge in [0.2, 0.25) is 5.91 Å². The molecule has 0 unspecified atom stereocenters. The molecule has 3 rings (SSSR count). The Bertz CT molecular complexity index is 611. The van der Waals surface area contributed by atoms with Gasteiger partial charge in [-0.1, -0.05) is 6.07 Å². The molecule has 0 saturated carbocycles. The summed E-state index contributed by atoms with van der Waals surface area (Å²) >= 11 is 0. The average Bonchev–Trinajstić information content (AvgIpc) is 2.62. The minimum absolute atomic E-state index is 0.0511. The van der Waals surface area contributed by atoms with Gasteiger partial charge in [-0.05, 0) is 24.6 Å². The summed E-state index contributed by atoms with van der Waals surface area (Å²) in [4.78, 5) is 27.6. The molecule has 2 amide bonds. The van der Waals surface area contributed by atoms with Crippen LogP contribution in [0.15, 0.2) is 18.2 Å². The van der Waals surface area contributed by atoms with E-state index in [1.165, 1.54) is 0 Å². The van der Waals surface area contributed by atoms with Crippen molar-refractivity contribution in [1.29, 1.82) is 0 Å². The standard InChI is InChI=1S/C17H22N2O5/c1-2-22-17(21)19-7-5-18(6-8-19)16(20)12-13-3-4-14-15(11-13)24-10-9-23-14/h3-4,11H,2,5-10,12H2,1H3. The second kappa shape index (κ2) is 7.42. The quantitative estimate of drug-likeness (QED) is 0.833. The van der Waals surface area contributed by atoms with Crippen molar-refractivity contribution in [3.05, 3.63) is 23.8 Å². The second-order valence-corrected chi connectivity index (χ2v) is 5.72. The third-order valence-electron chi connectivity index (χ3n) is 4.12. The number of ether oxygens (including phenoxy) is 3. The predicted octanol–water partition coefficient (Wildman–Crippen LogP) is 1.30. The molecule has 0 aromatic heterocycles. The molecule has 130 valence electrons. The van der Waals surface area contributed by atoms with Gasteiger partial charge in [0.25, 0.3) is 0 Å². The molecular formula is C17H22N2O5. The van der Waals surface area contributed by atoms with E-state index in [1.54, 1.807) is 16.7 Å². The fraction of sp³-hybridized carbons (Fsp3) is 0.529. The maximum absolute atomic E-state index is 12.5. The Labute approximate surface area is 141 Å². The molecule has 0 aliphatic carbocycles. The summed E-state index contributed by atoms with van der Waals surface area (Å²) in [7, 11) is 0. The molecule has 0 atom stereocenters. The highest BCUT2D eigenvalue weighted by Gasteiger charge is 2.25. The van der Waals surface area contributed by atoms with Crippen LogP contribution in [0.4, 0.5) is 4.79 Å². The Morgan fingerprint density at radius 3 is 2.42 bits per heavy atom. The lowest BCUT2D eigenvalue weighted by molar-refractivity contribution is -0.132. The Morgan fingerprint density at radius 2 is 1.71 bits per heavy atom. The maximum Gasteiger partial charge on any atom is 0.409 e. The van der Waals surface area contributed by atoms with Crippen LogP contribution in [0.1, 0.15) is 12.5 Å². The van der Waals surface area contributed by atoms with Gasteiger partial charge in [-0.2, -0.15) is 0 Å². The Kier molecular flexibility index (Phi) is 5.08. The van der Waals surface area contributed by atoms with Crippen LogP contribution in [0.3, 0.4) is 0 Å². The van der Waals surface area contributed by atoms with Crippen molar-refractivity contribution >= 4 is 12.0 Å². The highest BCUT2D eigenvalue weighted by molar-refractivity contribution is 5.79. The predicted molar refractivity (Wildman–Crippen MR) is 86.3 cm³/mol. The van der Waals surface area contributed by atoms with Gasteiger partial charge in [0, 0.05) is 26.2 Å². The third kappa shape index (κ3) is 3.72.